The largest absolute Gasteiger partial charge is 0.489 e. The normalized spacial score (nSPS) is 15.6. The Labute approximate surface area is 266 Å². The van der Waals surface area contributed by atoms with Gasteiger partial charge in [-0.15, -0.1) is 0 Å². The number of hydrogen-bond donors (Lipinski definition) is 1. The summed E-state index contributed by atoms with van der Waals surface area (Å²) >= 11 is 0. The van der Waals surface area contributed by atoms with Crippen molar-refractivity contribution in [3.05, 3.63) is 107 Å². The molecular weight excluding hydrogens is 562 g/mol. The number of likely N-dealkylation sites (tertiary alicyclic amines) is 1. The summed E-state index contributed by atoms with van der Waals surface area (Å²) < 4.78 is 5.91. The van der Waals surface area contributed by atoms with Gasteiger partial charge in [0.2, 0.25) is 11.8 Å². The van der Waals surface area contributed by atoms with Crippen LogP contribution in [0, 0.1) is 18.4 Å². The number of hydrogen-bond acceptors (Lipinski definition) is 4. The molecule has 45 heavy (non-hydrogen) atoms. The van der Waals surface area contributed by atoms with Crippen molar-refractivity contribution in [1.29, 1.82) is 0 Å². The second-order valence-corrected chi connectivity index (χ2v) is 12.5. The molecule has 2 aliphatic rings. The summed E-state index contributed by atoms with van der Waals surface area (Å²) in [4.78, 5) is 44.5. The van der Waals surface area contributed by atoms with Gasteiger partial charge in [-0.3, -0.25) is 14.4 Å². The summed E-state index contributed by atoms with van der Waals surface area (Å²) in [6.07, 6.45) is 7.28. The van der Waals surface area contributed by atoms with Gasteiger partial charge in [0.05, 0.1) is 12.6 Å². The summed E-state index contributed by atoms with van der Waals surface area (Å²) in [5.41, 5.74) is 3.74. The lowest BCUT2D eigenvalue weighted by Gasteiger charge is -2.32. The molecule has 2 fully saturated rings. The molecule has 0 radical (unpaired) electrons. The lowest BCUT2D eigenvalue weighted by molar-refractivity contribution is -0.133. The Kier molecular flexibility index (Phi) is 11.4. The fraction of sp³-hybridized carbons (Fsp3) is 0.421. The maximum atomic E-state index is 13.3. The highest BCUT2D eigenvalue weighted by molar-refractivity contribution is 5.89. The second kappa shape index (κ2) is 16.0. The fourth-order valence-electron chi connectivity index (χ4n) is 5.92. The number of rotatable bonds is 15. The van der Waals surface area contributed by atoms with Crippen molar-refractivity contribution < 1.29 is 19.1 Å². The van der Waals surface area contributed by atoms with Crippen molar-refractivity contribution in [3.63, 3.8) is 0 Å². The van der Waals surface area contributed by atoms with Crippen molar-refractivity contribution in [3.8, 4) is 5.75 Å². The SMILES string of the molecule is [C-]#[N+]c1ccc(CCC(=O)N2CCC(CC(=O)N[C@@H](Cc3ccc(OCc4ccccc4)cc3)C(=O)CCC3CC3)CC2)cc1. The average molecular weight is 606 g/mol. The van der Waals surface area contributed by atoms with Crippen LogP contribution in [0.25, 0.3) is 4.85 Å². The zero-order chi connectivity index (χ0) is 31.4. The van der Waals surface area contributed by atoms with E-state index in [1.165, 1.54) is 12.8 Å². The van der Waals surface area contributed by atoms with Crippen LogP contribution < -0.4 is 10.1 Å². The third-order valence-electron chi connectivity index (χ3n) is 8.97. The zero-order valence-electron chi connectivity index (χ0n) is 26.0. The van der Waals surface area contributed by atoms with Gasteiger partial charge in [0, 0.05) is 32.4 Å². The van der Waals surface area contributed by atoms with Crippen LogP contribution in [0.4, 0.5) is 5.69 Å². The van der Waals surface area contributed by atoms with E-state index in [-0.39, 0.29) is 23.5 Å². The van der Waals surface area contributed by atoms with Crippen LogP contribution in [-0.2, 0) is 33.8 Å². The monoisotopic (exact) mass is 605 g/mol. The third kappa shape index (κ3) is 10.3. The minimum atomic E-state index is -0.544. The molecule has 0 spiro atoms. The van der Waals surface area contributed by atoms with Gasteiger partial charge in [-0.05, 0) is 67.2 Å². The molecule has 234 valence electrons. The number of carbonyl (C=O) groups excluding carboxylic acids is 3. The number of benzene rings is 3. The fourth-order valence-corrected chi connectivity index (χ4v) is 5.92. The van der Waals surface area contributed by atoms with E-state index in [0.717, 1.165) is 41.7 Å². The number of piperidine rings is 1. The van der Waals surface area contributed by atoms with E-state index >= 15 is 0 Å². The first-order chi connectivity index (χ1) is 21.9. The van der Waals surface area contributed by atoms with E-state index in [4.69, 9.17) is 11.3 Å². The molecule has 1 N–H and O–H groups in total. The Bertz CT molecular complexity index is 1450. The number of nitrogens with one attached hydrogen (secondary N) is 1. The van der Waals surface area contributed by atoms with Crippen LogP contribution in [0.3, 0.4) is 0 Å². The Balaban J connectivity index is 1.08. The van der Waals surface area contributed by atoms with Gasteiger partial charge in [0.25, 0.3) is 0 Å². The highest BCUT2D eigenvalue weighted by atomic mass is 16.5. The third-order valence-corrected chi connectivity index (χ3v) is 8.97. The number of aryl methyl sites for hydroxylation is 1. The zero-order valence-corrected chi connectivity index (χ0v) is 26.0. The molecule has 0 bridgehead atoms. The number of ether oxygens (including phenoxy) is 1. The Morgan fingerprint density at radius 3 is 2.18 bits per heavy atom. The number of nitrogens with zero attached hydrogens (tertiary/aromatic N) is 2. The van der Waals surface area contributed by atoms with Gasteiger partial charge in [-0.2, -0.15) is 0 Å². The molecule has 2 amide bonds. The summed E-state index contributed by atoms with van der Waals surface area (Å²) in [5, 5.41) is 3.08. The standard InChI is InChI=1S/C38H43N3O4/c1-39-33-15-9-29(10-16-33)14-20-38(44)41-23-21-31(22-24-41)26-37(43)40-35(36(42)19-13-28-7-8-28)25-30-11-17-34(18-12-30)45-27-32-5-3-2-4-6-32/h2-6,9-12,15-18,28,31,35H,7-8,13-14,19-27H2,(H,40,43)/t35-/m0/s1. The van der Waals surface area contributed by atoms with Crippen LogP contribution in [0.15, 0.2) is 78.9 Å². The second-order valence-electron chi connectivity index (χ2n) is 12.5. The van der Waals surface area contributed by atoms with Crippen molar-refractivity contribution in [1.82, 2.24) is 10.2 Å². The van der Waals surface area contributed by atoms with Gasteiger partial charge in [0.1, 0.15) is 12.4 Å². The number of ketones is 1. The molecule has 7 nitrogen and oxygen atoms in total. The molecule has 1 aliphatic carbocycles. The minimum Gasteiger partial charge on any atom is -0.489 e. The van der Waals surface area contributed by atoms with E-state index in [1.54, 1.807) is 12.1 Å². The maximum absolute atomic E-state index is 13.3. The van der Waals surface area contributed by atoms with Crippen molar-refractivity contribution in [2.45, 2.75) is 76.9 Å². The summed E-state index contributed by atoms with van der Waals surface area (Å²) in [5.74, 6) is 1.76. The van der Waals surface area contributed by atoms with Gasteiger partial charge >= 0.3 is 0 Å². The van der Waals surface area contributed by atoms with Crippen LogP contribution >= 0.6 is 0 Å². The molecule has 0 unspecified atom stereocenters. The molecule has 1 saturated heterocycles. The van der Waals surface area contributed by atoms with E-state index in [0.29, 0.717) is 63.4 Å². The molecule has 3 aromatic carbocycles. The summed E-state index contributed by atoms with van der Waals surface area (Å²) in [6.45, 7) is 8.86. The topological polar surface area (TPSA) is 80.1 Å². The summed E-state index contributed by atoms with van der Waals surface area (Å²) in [6, 6.07) is 24.7. The predicted molar refractivity (Wildman–Crippen MR) is 175 cm³/mol. The minimum absolute atomic E-state index is 0.0878. The molecule has 1 saturated carbocycles. The highest BCUT2D eigenvalue weighted by Crippen LogP contribution is 2.33. The molecule has 3 aromatic rings. The quantitative estimate of drug-likeness (QED) is 0.192. The maximum Gasteiger partial charge on any atom is 0.222 e. The lowest BCUT2D eigenvalue weighted by Crippen LogP contribution is -2.44. The molecule has 5 rings (SSSR count). The smallest absolute Gasteiger partial charge is 0.222 e. The van der Waals surface area contributed by atoms with E-state index in [2.05, 4.69) is 10.2 Å². The van der Waals surface area contributed by atoms with E-state index in [1.807, 2.05) is 71.6 Å². The number of Topliss-reactive ketones (excluding diaryl/α,β-unsaturated/α-hetero) is 1. The Morgan fingerprint density at radius 1 is 0.822 bits per heavy atom. The van der Waals surface area contributed by atoms with Crippen molar-refractivity contribution in [2.24, 2.45) is 11.8 Å². The molecule has 7 heteroatoms. The Hall–Kier alpha value is -4.44. The average Bonchev–Trinajstić information content (AvgIpc) is 3.91. The highest BCUT2D eigenvalue weighted by Gasteiger charge is 2.28. The van der Waals surface area contributed by atoms with Crippen LogP contribution in [0.5, 0.6) is 5.75 Å². The van der Waals surface area contributed by atoms with Crippen LogP contribution in [0.2, 0.25) is 0 Å². The molecule has 1 atom stereocenters. The molecule has 1 heterocycles. The van der Waals surface area contributed by atoms with Gasteiger partial charge < -0.3 is 15.0 Å². The molecule has 1 aliphatic heterocycles. The first-order valence-corrected chi connectivity index (χ1v) is 16.3. The first kappa shape index (κ1) is 32.0. The lowest BCUT2D eigenvalue weighted by atomic mass is 9.92. The van der Waals surface area contributed by atoms with E-state index in [9.17, 15) is 14.4 Å². The van der Waals surface area contributed by atoms with Crippen LogP contribution in [0.1, 0.15) is 68.1 Å². The predicted octanol–water partition coefficient (Wildman–Crippen LogP) is 6.86. The first-order valence-electron chi connectivity index (χ1n) is 16.3. The van der Waals surface area contributed by atoms with Crippen LogP contribution in [-0.4, -0.2) is 41.6 Å². The van der Waals surface area contributed by atoms with Gasteiger partial charge in [-0.25, -0.2) is 4.85 Å². The number of carbonyl (C=O) groups is 3. The summed E-state index contributed by atoms with van der Waals surface area (Å²) in [7, 11) is 0. The number of amides is 2. The van der Waals surface area contributed by atoms with E-state index < -0.39 is 6.04 Å². The molecule has 0 aromatic heterocycles. The van der Waals surface area contributed by atoms with Gasteiger partial charge in [0.15, 0.2) is 11.5 Å². The van der Waals surface area contributed by atoms with Crippen molar-refractivity contribution in [2.75, 3.05) is 13.1 Å². The Morgan fingerprint density at radius 2 is 1.51 bits per heavy atom. The van der Waals surface area contributed by atoms with Gasteiger partial charge in [-0.1, -0.05) is 85.1 Å². The molecular formula is C38H43N3O4. The van der Waals surface area contributed by atoms with Crippen molar-refractivity contribution >= 4 is 23.3 Å².